The largest absolute Gasteiger partial charge is 0.483 e. The molecule has 0 amide bonds. The molecule has 0 unspecified atom stereocenters. The zero-order valence-electron chi connectivity index (χ0n) is 13.7. The fourth-order valence-electron chi connectivity index (χ4n) is 2.33. The number of methoxy groups -OCH3 is 2. The van der Waals surface area contributed by atoms with Gasteiger partial charge in [0.1, 0.15) is 6.04 Å². The molecule has 0 N–H and O–H groups in total. The molecule has 0 bridgehead atoms. The van der Waals surface area contributed by atoms with E-state index in [2.05, 4.69) is 23.8 Å². The van der Waals surface area contributed by atoms with E-state index >= 15 is 0 Å². The van der Waals surface area contributed by atoms with Crippen LogP contribution in [0.4, 0.5) is 0 Å². The number of aliphatic imine (C=N–C) groups is 2. The van der Waals surface area contributed by atoms with Crippen LogP contribution in [0.1, 0.15) is 19.4 Å². The van der Waals surface area contributed by atoms with Gasteiger partial charge in [-0.1, -0.05) is 44.2 Å². The zero-order valence-corrected chi connectivity index (χ0v) is 13.7. The Balaban J connectivity index is 1.99. The van der Waals surface area contributed by atoms with E-state index < -0.39 is 0 Å². The standard InChI is InChI=1S/C17H24N2O3/c1-12(2)15-17(21-4)18-14(16(19-15)20-3)11-22-10-13-8-6-5-7-9-13/h5-9,12,14-15H,10-11H2,1-4H3/t14-,15+/m0/s1/i22+2. The van der Waals surface area contributed by atoms with Crippen molar-refractivity contribution in [2.75, 3.05) is 20.8 Å². The minimum Gasteiger partial charge on any atom is -0.483 e. The van der Waals surface area contributed by atoms with E-state index in [0.29, 0.717) is 30.9 Å². The van der Waals surface area contributed by atoms with Crippen molar-refractivity contribution >= 4 is 11.8 Å². The van der Waals surface area contributed by atoms with Gasteiger partial charge in [-0.05, 0) is 11.5 Å². The highest BCUT2D eigenvalue weighted by atomic mass is 18.3. The molecule has 1 heterocycles. The summed E-state index contributed by atoms with van der Waals surface area (Å²) in [5.74, 6) is 1.55. The van der Waals surface area contributed by atoms with Crippen molar-refractivity contribution in [3.8, 4) is 0 Å². The molecule has 0 fully saturated rings. The molecule has 0 saturated carbocycles. The summed E-state index contributed by atoms with van der Waals surface area (Å²) in [6, 6.07) is 9.70. The second-order valence-corrected chi connectivity index (χ2v) is 5.55. The number of ether oxygens (including phenoxy) is 3. The first-order chi connectivity index (χ1) is 10.7. The van der Waals surface area contributed by atoms with Crippen LogP contribution in [0.25, 0.3) is 0 Å². The van der Waals surface area contributed by atoms with Crippen molar-refractivity contribution in [1.29, 1.82) is 0 Å². The third kappa shape index (κ3) is 4.07. The number of benzene rings is 1. The van der Waals surface area contributed by atoms with Gasteiger partial charge in [0.15, 0.2) is 6.04 Å². The Morgan fingerprint density at radius 1 is 1.05 bits per heavy atom. The molecule has 0 radical (unpaired) electrons. The maximum atomic E-state index is 5.76. The Morgan fingerprint density at radius 3 is 2.32 bits per heavy atom. The molecular weight excluding hydrogens is 282 g/mol. The molecule has 0 saturated heterocycles. The van der Waals surface area contributed by atoms with Crippen LogP contribution >= 0.6 is 0 Å². The Labute approximate surface area is 132 Å². The first-order valence-corrected chi connectivity index (χ1v) is 7.50. The zero-order chi connectivity index (χ0) is 15.9. The summed E-state index contributed by atoms with van der Waals surface area (Å²) >= 11 is 0. The molecule has 5 nitrogen and oxygen atoms in total. The van der Waals surface area contributed by atoms with Crippen molar-refractivity contribution in [3.63, 3.8) is 0 Å². The SMILES string of the molecule is COC1=N[C@H](C(C)C)C(OC)=N[C@H]1C[18O]Cc1ccccc1. The lowest BCUT2D eigenvalue weighted by Gasteiger charge is -2.26. The molecular formula is C17H24N2O3. The number of hydrogen-bond donors (Lipinski definition) is 0. The molecule has 120 valence electrons. The second kappa shape index (κ2) is 7.94. The minimum absolute atomic E-state index is 0.0923. The minimum atomic E-state index is -0.251. The van der Waals surface area contributed by atoms with E-state index in [1.54, 1.807) is 14.2 Å². The molecule has 0 aliphatic carbocycles. The average molecular weight is 306 g/mol. The highest BCUT2D eigenvalue weighted by Gasteiger charge is 2.30. The molecule has 2 rings (SSSR count). The van der Waals surface area contributed by atoms with E-state index in [-0.39, 0.29) is 12.1 Å². The fourth-order valence-corrected chi connectivity index (χ4v) is 2.33. The van der Waals surface area contributed by atoms with Gasteiger partial charge in [-0.3, -0.25) is 0 Å². The summed E-state index contributed by atoms with van der Waals surface area (Å²) in [5.41, 5.74) is 1.13. The van der Waals surface area contributed by atoms with Gasteiger partial charge >= 0.3 is 0 Å². The smallest absolute Gasteiger partial charge is 0.211 e. The van der Waals surface area contributed by atoms with Crippen LogP contribution in [0.15, 0.2) is 40.3 Å². The molecule has 1 aromatic carbocycles. The fraction of sp³-hybridized carbons (Fsp3) is 0.529. The lowest BCUT2D eigenvalue weighted by atomic mass is 10.0. The highest BCUT2D eigenvalue weighted by Crippen LogP contribution is 2.18. The Kier molecular flexibility index (Phi) is 5.95. The summed E-state index contributed by atoms with van der Waals surface area (Å²) in [6.45, 7) is 5.13. The van der Waals surface area contributed by atoms with Gasteiger partial charge in [0.2, 0.25) is 11.8 Å². The van der Waals surface area contributed by atoms with Crippen LogP contribution in [0.2, 0.25) is 0 Å². The van der Waals surface area contributed by atoms with E-state index in [0.717, 1.165) is 5.56 Å². The number of nitrogens with zero attached hydrogens (tertiary/aromatic N) is 2. The van der Waals surface area contributed by atoms with Crippen LogP contribution in [0.3, 0.4) is 0 Å². The molecule has 22 heavy (non-hydrogen) atoms. The number of hydrogen-bond acceptors (Lipinski definition) is 5. The summed E-state index contributed by atoms with van der Waals surface area (Å²) in [7, 11) is 3.25. The van der Waals surface area contributed by atoms with Crippen molar-refractivity contribution in [1.82, 2.24) is 0 Å². The van der Waals surface area contributed by atoms with Crippen molar-refractivity contribution < 1.29 is 14.2 Å². The van der Waals surface area contributed by atoms with Gasteiger partial charge in [-0.2, -0.15) is 0 Å². The van der Waals surface area contributed by atoms with Crippen molar-refractivity contribution in [3.05, 3.63) is 35.9 Å². The number of rotatable bonds is 5. The predicted molar refractivity (Wildman–Crippen MR) is 87.4 cm³/mol. The first kappa shape index (κ1) is 16.5. The van der Waals surface area contributed by atoms with Gasteiger partial charge in [0.05, 0.1) is 27.4 Å². The van der Waals surface area contributed by atoms with Gasteiger partial charge in [-0.25, -0.2) is 9.98 Å². The van der Waals surface area contributed by atoms with E-state index in [4.69, 9.17) is 14.2 Å². The van der Waals surface area contributed by atoms with Gasteiger partial charge < -0.3 is 14.2 Å². The molecule has 1 aromatic rings. The monoisotopic (exact) mass is 306 g/mol. The van der Waals surface area contributed by atoms with Crippen LogP contribution < -0.4 is 0 Å². The molecule has 5 heteroatoms. The molecule has 0 aromatic heterocycles. The molecule has 0 spiro atoms. The van der Waals surface area contributed by atoms with Gasteiger partial charge in [-0.15, -0.1) is 0 Å². The van der Waals surface area contributed by atoms with Gasteiger partial charge in [0, 0.05) is 0 Å². The first-order valence-electron chi connectivity index (χ1n) is 7.50. The third-order valence-corrected chi connectivity index (χ3v) is 3.52. The van der Waals surface area contributed by atoms with Crippen LogP contribution in [-0.4, -0.2) is 44.7 Å². The summed E-state index contributed by atoms with van der Waals surface area (Å²) < 4.78 is 16.5. The maximum absolute atomic E-state index is 5.76. The van der Waals surface area contributed by atoms with E-state index in [1.807, 2.05) is 30.3 Å². The average Bonchev–Trinajstić information content (AvgIpc) is 2.55. The highest BCUT2D eigenvalue weighted by molar-refractivity contribution is 5.94. The van der Waals surface area contributed by atoms with Crippen LogP contribution in [-0.2, 0) is 20.8 Å². The Hall–Kier alpha value is -1.88. The maximum Gasteiger partial charge on any atom is 0.211 e. The second-order valence-electron chi connectivity index (χ2n) is 5.55. The van der Waals surface area contributed by atoms with Crippen LogP contribution in [0, 0.1) is 5.92 Å². The Morgan fingerprint density at radius 2 is 1.73 bits per heavy atom. The quantitative estimate of drug-likeness (QED) is 0.786. The lowest BCUT2D eigenvalue weighted by Crippen LogP contribution is -2.39. The van der Waals surface area contributed by atoms with E-state index in [9.17, 15) is 0 Å². The van der Waals surface area contributed by atoms with Crippen molar-refractivity contribution in [2.24, 2.45) is 15.9 Å². The van der Waals surface area contributed by atoms with E-state index in [1.165, 1.54) is 0 Å². The topological polar surface area (TPSA) is 52.4 Å². The lowest BCUT2D eigenvalue weighted by molar-refractivity contribution is 0.114. The van der Waals surface area contributed by atoms with Gasteiger partial charge in [0.25, 0.3) is 0 Å². The molecule has 2 atom stereocenters. The third-order valence-electron chi connectivity index (χ3n) is 3.52. The predicted octanol–water partition coefficient (Wildman–Crippen LogP) is 2.70. The normalized spacial score (nSPS) is 21.3. The molecule has 1 aliphatic rings. The summed E-state index contributed by atoms with van der Waals surface area (Å²) in [6.07, 6.45) is 0. The summed E-state index contributed by atoms with van der Waals surface area (Å²) in [4.78, 5) is 9.22. The molecule has 1 aliphatic heterocycles. The summed E-state index contributed by atoms with van der Waals surface area (Å²) in [5, 5.41) is 0. The van der Waals surface area contributed by atoms with Crippen LogP contribution in [0.5, 0.6) is 0 Å². The van der Waals surface area contributed by atoms with Crippen molar-refractivity contribution in [2.45, 2.75) is 32.5 Å². The Bertz CT molecular complexity index is 526.